The van der Waals surface area contributed by atoms with Crippen LogP contribution in [0.3, 0.4) is 0 Å². The number of hydrogen-bond acceptors (Lipinski definition) is 5. The van der Waals surface area contributed by atoms with Crippen molar-refractivity contribution in [3.8, 4) is 0 Å². The van der Waals surface area contributed by atoms with E-state index < -0.39 is 17.6 Å². The van der Waals surface area contributed by atoms with Gasteiger partial charge in [0.15, 0.2) is 11.5 Å². The molecular formula is C17H19FN4O3. The van der Waals surface area contributed by atoms with Gasteiger partial charge in [-0.3, -0.25) is 10.1 Å². The molecule has 0 bridgehead atoms. The van der Waals surface area contributed by atoms with Crippen LogP contribution in [0.2, 0.25) is 0 Å². The molecule has 0 saturated carbocycles. The Bertz CT molecular complexity index is 775. The summed E-state index contributed by atoms with van der Waals surface area (Å²) >= 11 is 0. The Balaban J connectivity index is 2.29. The summed E-state index contributed by atoms with van der Waals surface area (Å²) in [4.78, 5) is 32.2. The normalized spacial score (nSPS) is 10.9. The lowest BCUT2D eigenvalue weighted by atomic mass is 10.2. The molecule has 0 aromatic carbocycles. The fourth-order valence-corrected chi connectivity index (χ4v) is 1.90. The quantitative estimate of drug-likeness (QED) is 0.857. The van der Waals surface area contributed by atoms with Gasteiger partial charge in [-0.25, -0.2) is 14.8 Å². The predicted octanol–water partition coefficient (Wildman–Crippen LogP) is 3.66. The van der Waals surface area contributed by atoms with Gasteiger partial charge in [0, 0.05) is 11.9 Å². The monoisotopic (exact) mass is 346 g/mol. The van der Waals surface area contributed by atoms with Crippen molar-refractivity contribution in [2.45, 2.75) is 33.3 Å². The molecule has 2 aromatic heterocycles. The van der Waals surface area contributed by atoms with Gasteiger partial charge in [0.25, 0.3) is 0 Å². The number of pyridine rings is 2. The molecule has 25 heavy (non-hydrogen) atoms. The van der Waals surface area contributed by atoms with Gasteiger partial charge in [-0.15, -0.1) is 5.12 Å². The second-order valence-electron chi connectivity index (χ2n) is 6.25. The standard InChI is InChI=1S/C17H19FN4O3/c1-11-8-9-12(21-16(24)25-17(2,3)4)14(20-11)15(23)22(18)13-7-5-6-10-19-13/h5-10H,1-4H3,(H,21,24). The van der Waals surface area contributed by atoms with Gasteiger partial charge in [0.1, 0.15) is 5.60 Å². The van der Waals surface area contributed by atoms with Gasteiger partial charge in [-0.2, -0.15) is 0 Å². The molecule has 2 heterocycles. The van der Waals surface area contributed by atoms with Crippen LogP contribution in [0, 0.1) is 6.92 Å². The van der Waals surface area contributed by atoms with Crippen molar-refractivity contribution in [1.29, 1.82) is 0 Å². The van der Waals surface area contributed by atoms with Crippen LogP contribution in [0.5, 0.6) is 0 Å². The molecule has 0 aliphatic carbocycles. The highest BCUT2D eigenvalue weighted by Crippen LogP contribution is 2.21. The third kappa shape index (κ3) is 4.97. The summed E-state index contributed by atoms with van der Waals surface area (Å²) in [6.07, 6.45) is 0.592. The molecular weight excluding hydrogens is 327 g/mol. The van der Waals surface area contributed by atoms with E-state index in [2.05, 4.69) is 15.3 Å². The number of nitrogens with zero attached hydrogens (tertiary/aromatic N) is 3. The summed E-state index contributed by atoms with van der Waals surface area (Å²) in [6, 6.07) is 7.54. The summed E-state index contributed by atoms with van der Waals surface area (Å²) in [5.74, 6) is -1.23. The second-order valence-corrected chi connectivity index (χ2v) is 6.25. The zero-order valence-corrected chi connectivity index (χ0v) is 14.4. The number of amides is 2. The van der Waals surface area contributed by atoms with Gasteiger partial charge in [0.2, 0.25) is 0 Å². The Kier molecular flexibility index (Phi) is 5.31. The molecule has 0 spiro atoms. The summed E-state index contributed by atoms with van der Waals surface area (Å²) in [7, 11) is 0. The highest BCUT2D eigenvalue weighted by atomic mass is 19.2. The van der Waals surface area contributed by atoms with Gasteiger partial charge < -0.3 is 4.74 Å². The number of nitrogens with one attached hydrogen (secondary N) is 1. The highest BCUT2D eigenvalue weighted by Gasteiger charge is 2.25. The first-order chi connectivity index (χ1) is 11.7. The molecule has 132 valence electrons. The van der Waals surface area contributed by atoms with Crippen LogP contribution in [0.4, 0.5) is 20.8 Å². The summed E-state index contributed by atoms with van der Waals surface area (Å²) in [5.41, 5.74) is -0.429. The highest BCUT2D eigenvalue weighted by molar-refractivity contribution is 6.08. The number of rotatable bonds is 3. The molecule has 7 nitrogen and oxygen atoms in total. The van der Waals surface area contributed by atoms with E-state index >= 15 is 0 Å². The number of ether oxygens (including phenoxy) is 1. The Morgan fingerprint density at radius 3 is 2.52 bits per heavy atom. The van der Waals surface area contributed by atoms with E-state index in [1.165, 1.54) is 18.3 Å². The number of anilines is 2. The molecule has 0 radical (unpaired) electrons. The zero-order chi connectivity index (χ0) is 18.6. The average molecular weight is 346 g/mol. The minimum absolute atomic E-state index is 0.0448. The van der Waals surface area contributed by atoms with Gasteiger partial charge in [0.05, 0.1) is 5.69 Å². The fourth-order valence-electron chi connectivity index (χ4n) is 1.90. The molecule has 2 rings (SSSR count). The maximum Gasteiger partial charge on any atom is 0.412 e. The van der Waals surface area contributed by atoms with Crippen molar-refractivity contribution in [3.05, 3.63) is 47.9 Å². The number of carbonyl (C=O) groups excluding carboxylic acids is 2. The van der Waals surface area contributed by atoms with Crippen LogP contribution in [-0.4, -0.2) is 27.6 Å². The van der Waals surface area contributed by atoms with E-state index in [9.17, 15) is 14.1 Å². The fraction of sp³-hybridized carbons (Fsp3) is 0.294. The Labute approximate surface area is 144 Å². The Hall–Kier alpha value is -3.03. The van der Waals surface area contributed by atoms with E-state index in [0.717, 1.165) is 0 Å². The van der Waals surface area contributed by atoms with Crippen LogP contribution in [0.1, 0.15) is 37.0 Å². The topological polar surface area (TPSA) is 84.4 Å². The van der Waals surface area contributed by atoms with Gasteiger partial charge >= 0.3 is 12.0 Å². The van der Waals surface area contributed by atoms with Crippen LogP contribution < -0.4 is 10.4 Å². The summed E-state index contributed by atoms with van der Waals surface area (Å²) in [6.45, 7) is 6.76. The maximum absolute atomic E-state index is 14.4. The van der Waals surface area contributed by atoms with E-state index in [1.807, 2.05) is 0 Å². The molecule has 8 heteroatoms. The smallest absolute Gasteiger partial charge is 0.412 e. The first kappa shape index (κ1) is 18.3. The van der Waals surface area contributed by atoms with Crippen molar-refractivity contribution in [2.75, 3.05) is 10.4 Å². The van der Waals surface area contributed by atoms with Crippen LogP contribution in [0.15, 0.2) is 36.5 Å². The van der Waals surface area contributed by atoms with Crippen molar-refractivity contribution >= 4 is 23.5 Å². The second kappa shape index (κ2) is 7.25. The number of carbonyl (C=O) groups is 2. The number of halogens is 1. The maximum atomic E-state index is 14.4. The number of hydrogen-bond donors (Lipinski definition) is 1. The number of aromatic nitrogens is 2. The molecule has 0 saturated heterocycles. The summed E-state index contributed by atoms with van der Waals surface area (Å²) < 4.78 is 19.5. The molecule has 0 atom stereocenters. The van der Waals surface area contributed by atoms with Crippen molar-refractivity contribution in [3.63, 3.8) is 0 Å². The van der Waals surface area contributed by atoms with Crippen molar-refractivity contribution < 1.29 is 18.8 Å². The third-order valence-corrected chi connectivity index (χ3v) is 2.90. The molecule has 0 aliphatic rings. The van der Waals surface area contributed by atoms with E-state index in [-0.39, 0.29) is 22.3 Å². The zero-order valence-electron chi connectivity index (χ0n) is 14.4. The lowest BCUT2D eigenvalue weighted by molar-refractivity contribution is 0.0636. The van der Waals surface area contributed by atoms with E-state index in [0.29, 0.717) is 5.69 Å². The first-order valence-corrected chi connectivity index (χ1v) is 7.56. The van der Waals surface area contributed by atoms with E-state index in [1.54, 1.807) is 45.9 Å². The molecule has 0 aliphatic heterocycles. The number of aryl methyl sites for hydroxylation is 1. The third-order valence-electron chi connectivity index (χ3n) is 2.90. The largest absolute Gasteiger partial charge is 0.444 e. The predicted molar refractivity (Wildman–Crippen MR) is 91.0 cm³/mol. The Morgan fingerprint density at radius 2 is 1.92 bits per heavy atom. The lowest BCUT2D eigenvalue weighted by Gasteiger charge is -2.20. The molecule has 1 N–H and O–H groups in total. The molecule has 2 amide bonds. The lowest BCUT2D eigenvalue weighted by Crippen LogP contribution is -2.29. The molecule has 2 aromatic rings. The SMILES string of the molecule is Cc1ccc(NC(=O)OC(C)(C)C)c(C(=O)N(F)c2ccccn2)n1. The van der Waals surface area contributed by atoms with Crippen molar-refractivity contribution in [2.24, 2.45) is 0 Å². The first-order valence-electron chi connectivity index (χ1n) is 7.56. The summed E-state index contributed by atoms with van der Waals surface area (Å²) in [5, 5.41) is 2.30. The van der Waals surface area contributed by atoms with Crippen LogP contribution >= 0.6 is 0 Å². The minimum atomic E-state index is -1.05. The Morgan fingerprint density at radius 1 is 1.20 bits per heavy atom. The van der Waals surface area contributed by atoms with Gasteiger partial charge in [-0.1, -0.05) is 10.5 Å². The van der Waals surface area contributed by atoms with E-state index in [4.69, 9.17) is 4.74 Å². The van der Waals surface area contributed by atoms with Crippen LogP contribution in [0.25, 0.3) is 0 Å². The average Bonchev–Trinajstić information content (AvgIpc) is 2.54. The molecule has 0 fully saturated rings. The van der Waals surface area contributed by atoms with Crippen molar-refractivity contribution in [1.82, 2.24) is 9.97 Å². The van der Waals surface area contributed by atoms with Gasteiger partial charge in [-0.05, 0) is 52.0 Å². The minimum Gasteiger partial charge on any atom is -0.444 e. The molecule has 0 unspecified atom stereocenters. The van der Waals surface area contributed by atoms with Crippen LogP contribution in [-0.2, 0) is 4.74 Å².